The maximum absolute atomic E-state index is 6.07. The lowest BCUT2D eigenvalue weighted by Gasteiger charge is -2.32. The highest BCUT2D eigenvalue weighted by molar-refractivity contribution is 6.63. The summed E-state index contributed by atoms with van der Waals surface area (Å²) >= 11 is 0. The Morgan fingerprint density at radius 3 is 2.38 bits per heavy atom. The molecule has 0 atom stereocenters. The van der Waals surface area contributed by atoms with E-state index in [0.717, 1.165) is 12.0 Å². The van der Waals surface area contributed by atoms with E-state index in [1.54, 1.807) is 6.20 Å². The number of hydrogen-bond acceptors (Lipinski definition) is 5. The Morgan fingerprint density at radius 2 is 1.81 bits per heavy atom. The molecule has 5 nitrogen and oxygen atoms in total. The molecule has 2 heterocycles. The van der Waals surface area contributed by atoms with Crippen molar-refractivity contribution in [1.29, 1.82) is 0 Å². The van der Waals surface area contributed by atoms with E-state index in [2.05, 4.69) is 9.88 Å². The Labute approximate surface area is 127 Å². The minimum atomic E-state index is -0.446. The van der Waals surface area contributed by atoms with Crippen LogP contribution in [0.5, 0.6) is 5.88 Å². The summed E-state index contributed by atoms with van der Waals surface area (Å²) in [6.07, 6.45) is 1.72. The predicted octanol–water partition coefficient (Wildman–Crippen LogP) is 1.32. The number of pyridine rings is 1. The van der Waals surface area contributed by atoms with Gasteiger partial charge in [0.25, 0.3) is 0 Å². The quantitative estimate of drug-likeness (QED) is 0.766. The molecule has 2 rings (SSSR count). The van der Waals surface area contributed by atoms with Crippen LogP contribution in [0, 0.1) is 0 Å². The maximum Gasteiger partial charge on any atom is 0.500 e. The van der Waals surface area contributed by atoms with E-state index in [1.807, 2.05) is 53.9 Å². The molecule has 0 radical (unpaired) electrons. The summed E-state index contributed by atoms with van der Waals surface area (Å²) in [5.74, 6) is 0.581. The zero-order valence-corrected chi connectivity index (χ0v) is 13.8. The largest absolute Gasteiger partial charge is 0.500 e. The van der Waals surface area contributed by atoms with E-state index in [9.17, 15) is 0 Å². The molecule has 0 N–H and O–H groups in total. The number of hydrogen-bond donors (Lipinski definition) is 0. The molecule has 1 aliphatic rings. The number of nitrogens with zero attached hydrogens (tertiary/aromatic N) is 2. The van der Waals surface area contributed by atoms with Gasteiger partial charge in [-0.1, -0.05) is 6.07 Å². The molecule has 116 valence electrons. The molecule has 0 saturated carbocycles. The smallest absolute Gasteiger partial charge is 0.477 e. The van der Waals surface area contributed by atoms with Gasteiger partial charge >= 0.3 is 7.12 Å². The third kappa shape index (κ3) is 3.57. The molecule has 0 bridgehead atoms. The van der Waals surface area contributed by atoms with E-state index in [-0.39, 0.29) is 11.2 Å². The molecule has 1 aliphatic heterocycles. The van der Waals surface area contributed by atoms with Gasteiger partial charge in [0.1, 0.15) is 6.61 Å². The fourth-order valence-corrected chi connectivity index (χ4v) is 2.00. The van der Waals surface area contributed by atoms with E-state index in [0.29, 0.717) is 12.5 Å². The van der Waals surface area contributed by atoms with Crippen LogP contribution < -0.4 is 10.2 Å². The zero-order valence-electron chi connectivity index (χ0n) is 13.8. The second-order valence-electron chi connectivity index (χ2n) is 6.64. The molecule has 1 aromatic heterocycles. The van der Waals surface area contributed by atoms with Gasteiger partial charge in [0.2, 0.25) is 5.88 Å². The summed E-state index contributed by atoms with van der Waals surface area (Å²) < 4.78 is 17.9. The van der Waals surface area contributed by atoms with Crippen molar-refractivity contribution in [2.24, 2.45) is 0 Å². The van der Waals surface area contributed by atoms with E-state index in [1.165, 1.54) is 0 Å². The van der Waals surface area contributed by atoms with Crippen LogP contribution in [0.25, 0.3) is 0 Å². The molecule has 0 spiro atoms. The summed E-state index contributed by atoms with van der Waals surface area (Å²) in [6, 6.07) is 3.82. The maximum atomic E-state index is 6.07. The van der Waals surface area contributed by atoms with Crippen molar-refractivity contribution in [3.8, 4) is 5.88 Å². The van der Waals surface area contributed by atoms with Crippen LogP contribution in [0.4, 0.5) is 0 Å². The van der Waals surface area contributed by atoms with Gasteiger partial charge < -0.3 is 18.9 Å². The average molecular weight is 292 g/mol. The highest BCUT2D eigenvalue weighted by atomic mass is 16.7. The standard InChI is InChI=1S/C15H25BN2O3/c1-14(2)15(3,4)21-16(20-14)12-8-7-9-17-13(12)19-11-10-18(5)6/h7-9H,10-11H2,1-6H3. The van der Waals surface area contributed by atoms with Crippen LogP contribution in [-0.4, -0.2) is 55.5 Å². The molecular weight excluding hydrogens is 267 g/mol. The first kappa shape index (κ1) is 16.3. The van der Waals surface area contributed by atoms with E-state index < -0.39 is 7.12 Å². The second kappa shape index (κ2) is 5.95. The van der Waals surface area contributed by atoms with Crippen LogP contribution >= 0.6 is 0 Å². The molecule has 6 heteroatoms. The fraction of sp³-hybridized carbons (Fsp3) is 0.667. The average Bonchev–Trinajstić information content (AvgIpc) is 2.58. The zero-order chi connectivity index (χ0) is 15.7. The first-order chi connectivity index (χ1) is 9.73. The minimum absolute atomic E-state index is 0.367. The summed E-state index contributed by atoms with van der Waals surface area (Å²) in [5.41, 5.74) is 0.109. The molecule has 1 aromatic rings. The lowest BCUT2D eigenvalue weighted by molar-refractivity contribution is 0.00578. The Kier molecular flexibility index (Phi) is 4.61. The third-order valence-corrected chi connectivity index (χ3v) is 4.09. The number of rotatable bonds is 5. The first-order valence-corrected chi connectivity index (χ1v) is 7.31. The van der Waals surface area contributed by atoms with Gasteiger partial charge in [-0.25, -0.2) is 4.98 Å². The molecule has 1 saturated heterocycles. The Morgan fingerprint density at radius 1 is 1.19 bits per heavy atom. The highest BCUT2D eigenvalue weighted by Gasteiger charge is 2.52. The van der Waals surface area contributed by atoms with Gasteiger partial charge in [-0.15, -0.1) is 0 Å². The van der Waals surface area contributed by atoms with Gasteiger partial charge in [-0.05, 0) is 47.9 Å². The molecule has 1 fully saturated rings. The number of likely N-dealkylation sites (N-methyl/N-ethyl adjacent to an activating group) is 1. The SMILES string of the molecule is CN(C)CCOc1ncccc1B1OC(C)(C)C(C)(C)O1. The van der Waals surface area contributed by atoms with Gasteiger partial charge in [0, 0.05) is 18.2 Å². The molecule has 0 aromatic carbocycles. The third-order valence-electron chi connectivity index (χ3n) is 4.09. The summed E-state index contributed by atoms with van der Waals surface area (Å²) in [5, 5.41) is 0. The normalized spacial score (nSPS) is 20.0. The van der Waals surface area contributed by atoms with Crippen molar-refractivity contribution in [1.82, 2.24) is 9.88 Å². The van der Waals surface area contributed by atoms with Crippen LogP contribution in [-0.2, 0) is 9.31 Å². The Hall–Kier alpha value is -1.11. The van der Waals surface area contributed by atoms with Gasteiger partial charge in [-0.2, -0.15) is 0 Å². The first-order valence-electron chi connectivity index (χ1n) is 7.31. The Balaban J connectivity index is 2.14. The summed E-state index contributed by atoms with van der Waals surface area (Å²) in [7, 11) is 3.58. The molecular formula is C15H25BN2O3. The van der Waals surface area contributed by atoms with Crippen molar-refractivity contribution >= 4 is 12.6 Å². The van der Waals surface area contributed by atoms with Gasteiger partial charge in [0.05, 0.1) is 11.2 Å². The molecule has 21 heavy (non-hydrogen) atoms. The topological polar surface area (TPSA) is 43.8 Å². The van der Waals surface area contributed by atoms with Crippen molar-refractivity contribution < 1.29 is 14.0 Å². The van der Waals surface area contributed by atoms with Crippen LogP contribution in [0.15, 0.2) is 18.3 Å². The second-order valence-corrected chi connectivity index (χ2v) is 6.64. The van der Waals surface area contributed by atoms with Crippen LogP contribution in [0.2, 0.25) is 0 Å². The molecule has 0 aliphatic carbocycles. The lowest BCUT2D eigenvalue weighted by atomic mass is 9.80. The molecule has 0 unspecified atom stereocenters. The predicted molar refractivity (Wildman–Crippen MR) is 84.0 cm³/mol. The summed E-state index contributed by atoms with van der Waals surface area (Å²) in [4.78, 5) is 6.38. The van der Waals surface area contributed by atoms with E-state index >= 15 is 0 Å². The van der Waals surface area contributed by atoms with Crippen LogP contribution in [0.3, 0.4) is 0 Å². The lowest BCUT2D eigenvalue weighted by Crippen LogP contribution is -2.41. The van der Waals surface area contributed by atoms with Gasteiger partial charge in [0.15, 0.2) is 0 Å². The molecule has 0 amide bonds. The fourth-order valence-electron chi connectivity index (χ4n) is 2.00. The summed E-state index contributed by atoms with van der Waals surface area (Å²) in [6.45, 7) is 9.56. The van der Waals surface area contributed by atoms with Crippen LogP contribution in [0.1, 0.15) is 27.7 Å². The van der Waals surface area contributed by atoms with Crippen molar-refractivity contribution in [2.75, 3.05) is 27.2 Å². The van der Waals surface area contributed by atoms with Crippen molar-refractivity contribution in [3.63, 3.8) is 0 Å². The van der Waals surface area contributed by atoms with Crippen molar-refractivity contribution in [2.45, 2.75) is 38.9 Å². The van der Waals surface area contributed by atoms with Crippen molar-refractivity contribution in [3.05, 3.63) is 18.3 Å². The number of aromatic nitrogens is 1. The Bertz CT molecular complexity index is 476. The monoisotopic (exact) mass is 292 g/mol. The van der Waals surface area contributed by atoms with Gasteiger partial charge in [-0.3, -0.25) is 0 Å². The van der Waals surface area contributed by atoms with E-state index in [4.69, 9.17) is 14.0 Å². The highest BCUT2D eigenvalue weighted by Crippen LogP contribution is 2.36. The number of ether oxygens (including phenoxy) is 1. The minimum Gasteiger partial charge on any atom is -0.477 e.